The van der Waals surface area contributed by atoms with Gasteiger partial charge in [0.1, 0.15) is 15.9 Å². The van der Waals surface area contributed by atoms with E-state index < -0.39 is 5.60 Å². The molecule has 0 radical (unpaired) electrons. The number of H-pyrrole nitrogens is 1. The van der Waals surface area contributed by atoms with Crippen molar-refractivity contribution >= 4 is 15.9 Å². The van der Waals surface area contributed by atoms with E-state index in [1.54, 1.807) is 14.2 Å². The minimum absolute atomic E-state index is 0.222. The summed E-state index contributed by atoms with van der Waals surface area (Å²) in [4.78, 5) is 19.2. The van der Waals surface area contributed by atoms with Crippen molar-refractivity contribution in [1.29, 1.82) is 0 Å². The molecule has 1 N–H and O–H groups in total. The van der Waals surface area contributed by atoms with Crippen molar-refractivity contribution in [2.24, 2.45) is 0 Å². The summed E-state index contributed by atoms with van der Waals surface area (Å²) >= 11 is 3.23. The molecule has 0 spiro atoms. The Morgan fingerprint density at radius 3 is 2.68 bits per heavy atom. The number of aromatic nitrogens is 2. The predicted octanol–water partition coefficient (Wildman–Crippen LogP) is 1.33. The molecule has 1 aliphatic heterocycles. The van der Waals surface area contributed by atoms with Gasteiger partial charge in [0.2, 0.25) is 0 Å². The fraction of sp³-hybridized carbons (Fsp3) is 0.667. The quantitative estimate of drug-likeness (QED) is 0.900. The topological polar surface area (TPSA) is 73.4 Å². The van der Waals surface area contributed by atoms with Gasteiger partial charge < -0.3 is 19.2 Å². The molecule has 0 unspecified atom stereocenters. The number of hydrogen-bond donors (Lipinski definition) is 1. The third-order valence-corrected chi connectivity index (χ3v) is 4.15. The zero-order valence-corrected chi connectivity index (χ0v) is 12.6. The van der Waals surface area contributed by atoms with Gasteiger partial charge in [-0.05, 0) is 15.9 Å². The maximum absolute atomic E-state index is 12.0. The number of nitrogens with one attached hydrogen (secondary N) is 1. The van der Waals surface area contributed by atoms with Gasteiger partial charge in [0.15, 0.2) is 0 Å². The van der Waals surface area contributed by atoms with Crippen LogP contribution in [0.3, 0.4) is 0 Å². The van der Waals surface area contributed by atoms with Crippen LogP contribution in [0.4, 0.5) is 0 Å². The van der Waals surface area contributed by atoms with Crippen LogP contribution in [-0.2, 0) is 26.4 Å². The maximum Gasteiger partial charge on any atom is 0.265 e. The molecule has 2 rings (SSSR count). The smallest absolute Gasteiger partial charge is 0.265 e. The first-order valence-corrected chi connectivity index (χ1v) is 6.83. The summed E-state index contributed by atoms with van der Waals surface area (Å²) in [5.74, 6) is 0.540. The number of ether oxygens (including phenoxy) is 3. The Hall–Kier alpha value is -0.760. The van der Waals surface area contributed by atoms with E-state index in [9.17, 15) is 4.79 Å². The van der Waals surface area contributed by atoms with E-state index >= 15 is 0 Å². The molecule has 106 valence electrons. The fourth-order valence-electron chi connectivity index (χ4n) is 2.19. The molecule has 2 heterocycles. The van der Waals surface area contributed by atoms with Crippen molar-refractivity contribution in [1.82, 2.24) is 9.97 Å². The van der Waals surface area contributed by atoms with Crippen LogP contribution < -0.4 is 5.56 Å². The minimum atomic E-state index is -0.583. The van der Waals surface area contributed by atoms with E-state index in [0.29, 0.717) is 42.0 Å². The van der Waals surface area contributed by atoms with Crippen LogP contribution in [0, 0.1) is 0 Å². The summed E-state index contributed by atoms with van der Waals surface area (Å²) in [5.41, 5.74) is -0.232. The van der Waals surface area contributed by atoms with Crippen LogP contribution in [0.25, 0.3) is 0 Å². The number of rotatable bonds is 4. The van der Waals surface area contributed by atoms with Crippen molar-refractivity contribution in [2.45, 2.75) is 25.0 Å². The summed E-state index contributed by atoms with van der Waals surface area (Å²) in [6, 6.07) is 0. The van der Waals surface area contributed by atoms with E-state index in [2.05, 4.69) is 25.9 Å². The molecule has 0 amide bonds. The molecule has 7 heteroatoms. The summed E-state index contributed by atoms with van der Waals surface area (Å²) in [7, 11) is 3.19. The van der Waals surface area contributed by atoms with Crippen molar-refractivity contribution < 1.29 is 14.2 Å². The Morgan fingerprint density at radius 1 is 1.42 bits per heavy atom. The second kappa shape index (κ2) is 6.13. The van der Waals surface area contributed by atoms with Crippen LogP contribution in [0.2, 0.25) is 0 Å². The molecule has 0 atom stereocenters. The summed E-state index contributed by atoms with van der Waals surface area (Å²) in [6.07, 6.45) is 1.33. The summed E-state index contributed by atoms with van der Waals surface area (Å²) in [6.45, 7) is 1.45. The molecule has 1 aromatic rings. The highest BCUT2D eigenvalue weighted by atomic mass is 79.9. The molecule has 1 fully saturated rings. The highest BCUT2D eigenvalue weighted by Crippen LogP contribution is 2.33. The summed E-state index contributed by atoms with van der Waals surface area (Å²) in [5, 5.41) is 0. The van der Waals surface area contributed by atoms with Gasteiger partial charge in [0.25, 0.3) is 5.56 Å². The highest BCUT2D eigenvalue weighted by molar-refractivity contribution is 9.10. The number of aromatic amines is 1. The molecular weight excluding hydrogens is 316 g/mol. The van der Waals surface area contributed by atoms with Gasteiger partial charge in [0, 0.05) is 40.3 Å². The Bertz CT molecular complexity index is 497. The minimum Gasteiger partial charge on any atom is -0.381 e. The normalized spacial score (nSPS) is 18.5. The molecule has 1 saturated heterocycles. The van der Waals surface area contributed by atoms with Gasteiger partial charge in [-0.15, -0.1) is 0 Å². The van der Waals surface area contributed by atoms with Gasteiger partial charge in [-0.2, -0.15) is 0 Å². The molecule has 6 nitrogen and oxygen atoms in total. The lowest BCUT2D eigenvalue weighted by atomic mass is 9.93. The zero-order chi connectivity index (χ0) is 13.9. The fourth-order valence-corrected chi connectivity index (χ4v) is 2.49. The molecular formula is C12H17BrN2O4. The monoisotopic (exact) mass is 332 g/mol. The lowest BCUT2D eigenvalue weighted by Gasteiger charge is -2.34. The molecule has 1 aliphatic rings. The van der Waals surface area contributed by atoms with Crippen molar-refractivity contribution in [3.05, 3.63) is 26.3 Å². The standard InChI is InChI=1S/C12H17BrN2O4/c1-17-7-8-9(13)10(16)15-11(14-8)12(18-2)3-5-19-6-4-12/h3-7H2,1-2H3,(H,14,15,16). The SMILES string of the molecule is COCc1nc(C2(OC)CCOCC2)[nH]c(=O)c1Br. The van der Waals surface area contributed by atoms with Crippen molar-refractivity contribution in [3.63, 3.8) is 0 Å². The lowest BCUT2D eigenvalue weighted by Crippen LogP contribution is -2.39. The summed E-state index contributed by atoms with van der Waals surface area (Å²) < 4.78 is 16.4. The van der Waals surface area contributed by atoms with Crippen LogP contribution in [-0.4, -0.2) is 37.4 Å². The van der Waals surface area contributed by atoms with Gasteiger partial charge in [0.05, 0.1) is 12.3 Å². The third kappa shape index (κ3) is 2.89. The second-order valence-corrected chi connectivity index (χ2v) is 5.21. The maximum atomic E-state index is 12.0. The van der Waals surface area contributed by atoms with E-state index in [1.807, 2.05) is 0 Å². The third-order valence-electron chi connectivity index (χ3n) is 3.34. The Labute approximate surface area is 119 Å². The van der Waals surface area contributed by atoms with E-state index in [0.717, 1.165) is 0 Å². The lowest BCUT2D eigenvalue weighted by molar-refractivity contribution is -0.100. The number of hydrogen-bond acceptors (Lipinski definition) is 5. The number of nitrogens with zero attached hydrogens (tertiary/aromatic N) is 1. The van der Waals surface area contributed by atoms with Gasteiger partial charge in [-0.25, -0.2) is 4.98 Å². The van der Waals surface area contributed by atoms with Crippen LogP contribution in [0.5, 0.6) is 0 Å². The predicted molar refractivity (Wildman–Crippen MR) is 72.0 cm³/mol. The molecule has 0 bridgehead atoms. The van der Waals surface area contributed by atoms with Crippen LogP contribution >= 0.6 is 15.9 Å². The van der Waals surface area contributed by atoms with Crippen molar-refractivity contribution in [3.8, 4) is 0 Å². The van der Waals surface area contributed by atoms with Gasteiger partial charge >= 0.3 is 0 Å². The average Bonchev–Trinajstić information content (AvgIpc) is 2.44. The highest BCUT2D eigenvalue weighted by Gasteiger charge is 2.37. The Morgan fingerprint density at radius 2 is 2.11 bits per heavy atom. The van der Waals surface area contributed by atoms with E-state index in [4.69, 9.17) is 14.2 Å². The van der Waals surface area contributed by atoms with E-state index in [1.165, 1.54) is 0 Å². The Kier molecular flexibility index (Phi) is 4.72. The second-order valence-electron chi connectivity index (χ2n) is 4.42. The first-order chi connectivity index (χ1) is 9.13. The molecule has 0 aliphatic carbocycles. The molecule has 19 heavy (non-hydrogen) atoms. The van der Waals surface area contributed by atoms with Crippen LogP contribution in [0.15, 0.2) is 9.27 Å². The largest absolute Gasteiger partial charge is 0.381 e. The molecule has 0 aromatic carbocycles. The van der Waals surface area contributed by atoms with Gasteiger partial charge in [-0.3, -0.25) is 4.79 Å². The van der Waals surface area contributed by atoms with Crippen LogP contribution in [0.1, 0.15) is 24.4 Å². The van der Waals surface area contributed by atoms with E-state index in [-0.39, 0.29) is 12.2 Å². The number of halogens is 1. The first-order valence-electron chi connectivity index (χ1n) is 6.04. The molecule has 0 saturated carbocycles. The zero-order valence-electron chi connectivity index (χ0n) is 11.0. The van der Waals surface area contributed by atoms with Gasteiger partial charge in [-0.1, -0.05) is 0 Å². The van der Waals surface area contributed by atoms with Crippen molar-refractivity contribution in [2.75, 3.05) is 27.4 Å². The first kappa shape index (κ1) is 14.6. The average molecular weight is 333 g/mol. The Balaban J connectivity index is 2.45. The number of methoxy groups -OCH3 is 2. The molecule has 1 aromatic heterocycles.